The van der Waals surface area contributed by atoms with Crippen LogP contribution in [0.25, 0.3) is 10.9 Å². The van der Waals surface area contributed by atoms with E-state index >= 15 is 0 Å². The van der Waals surface area contributed by atoms with Gasteiger partial charge in [-0.3, -0.25) is 4.90 Å². The van der Waals surface area contributed by atoms with E-state index in [9.17, 15) is 5.26 Å². The number of H-pyrrole nitrogens is 1. The molecule has 4 rings (SSSR count). The summed E-state index contributed by atoms with van der Waals surface area (Å²) in [7, 11) is 0. The molecule has 1 saturated heterocycles. The lowest BCUT2D eigenvalue weighted by atomic mass is 9.62. The molecule has 3 atom stereocenters. The summed E-state index contributed by atoms with van der Waals surface area (Å²) >= 11 is 0. The van der Waals surface area contributed by atoms with Gasteiger partial charge in [-0.25, -0.2) is 0 Å². The van der Waals surface area contributed by atoms with Gasteiger partial charge in [-0.15, -0.1) is 0 Å². The average molecular weight is 307 g/mol. The van der Waals surface area contributed by atoms with E-state index in [2.05, 4.69) is 54.1 Å². The molecular weight excluding hydrogens is 282 g/mol. The number of nitrogens with one attached hydrogen (secondary N) is 1. The maximum atomic E-state index is 9.68. The summed E-state index contributed by atoms with van der Waals surface area (Å²) in [6, 6.07) is 11.6. The molecule has 3 heterocycles. The number of fused-ring (bicyclic) bond motifs is 5. The summed E-state index contributed by atoms with van der Waals surface area (Å²) in [4.78, 5) is 6.37. The normalized spacial score (nSPS) is 28.8. The van der Waals surface area contributed by atoms with E-state index in [1.165, 1.54) is 35.1 Å². The van der Waals surface area contributed by atoms with E-state index in [-0.39, 0.29) is 11.3 Å². The fourth-order valence-corrected chi connectivity index (χ4v) is 5.19. The van der Waals surface area contributed by atoms with Crippen LogP contribution in [-0.4, -0.2) is 23.0 Å². The fraction of sp³-hybridized carbons (Fsp3) is 0.550. The van der Waals surface area contributed by atoms with Crippen LogP contribution in [0.3, 0.4) is 0 Å². The van der Waals surface area contributed by atoms with E-state index in [4.69, 9.17) is 0 Å². The van der Waals surface area contributed by atoms with E-state index in [1.54, 1.807) is 0 Å². The highest BCUT2D eigenvalue weighted by Gasteiger charge is 2.50. The van der Waals surface area contributed by atoms with Crippen molar-refractivity contribution < 1.29 is 0 Å². The highest BCUT2D eigenvalue weighted by Crippen LogP contribution is 2.55. The summed E-state index contributed by atoms with van der Waals surface area (Å²) in [5, 5.41) is 11.1. The first kappa shape index (κ1) is 14.8. The Labute approximate surface area is 138 Å². The van der Waals surface area contributed by atoms with Crippen LogP contribution in [0.5, 0.6) is 0 Å². The highest BCUT2D eigenvalue weighted by atomic mass is 15.2. The molecule has 3 unspecified atom stereocenters. The lowest BCUT2D eigenvalue weighted by Gasteiger charge is -2.53. The molecule has 2 aliphatic rings. The summed E-state index contributed by atoms with van der Waals surface area (Å²) < 4.78 is 0. The minimum atomic E-state index is 0.0725. The molecular formula is C20H25N3. The van der Waals surface area contributed by atoms with E-state index in [0.29, 0.717) is 6.04 Å². The first-order chi connectivity index (χ1) is 11.2. The summed E-state index contributed by atoms with van der Waals surface area (Å²) in [5.41, 5.74) is 4.20. The van der Waals surface area contributed by atoms with Crippen molar-refractivity contribution in [1.29, 1.82) is 5.26 Å². The second kappa shape index (κ2) is 5.39. The first-order valence-electron chi connectivity index (χ1n) is 8.94. The molecule has 23 heavy (non-hydrogen) atoms. The highest BCUT2D eigenvalue weighted by molar-refractivity contribution is 5.85. The number of hydrogen-bond acceptors (Lipinski definition) is 2. The van der Waals surface area contributed by atoms with Crippen LogP contribution in [0.15, 0.2) is 24.3 Å². The third-order valence-corrected chi connectivity index (χ3v) is 6.48. The van der Waals surface area contributed by atoms with Gasteiger partial charge in [-0.1, -0.05) is 25.1 Å². The molecule has 0 radical (unpaired) electrons. The zero-order chi connectivity index (χ0) is 16.0. The molecule has 120 valence electrons. The molecule has 2 aliphatic heterocycles. The number of aromatic amines is 1. The van der Waals surface area contributed by atoms with Crippen LogP contribution in [0.4, 0.5) is 0 Å². The number of para-hydroxylation sites is 1. The Hall–Kier alpha value is -1.79. The molecule has 0 bridgehead atoms. The first-order valence-corrected chi connectivity index (χ1v) is 8.94. The smallest absolute Gasteiger partial charge is 0.0659 e. The van der Waals surface area contributed by atoms with Crippen LogP contribution in [0.1, 0.15) is 50.4 Å². The second-order valence-corrected chi connectivity index (χ2v) is 7.29. The molecule has 0 aliphatic carbocycles. The molecule has 0 spiro atoms. The Kier molecular flexibility index (Phi) is 3.46. The largest absolute Gasteiger partial charge is 0.357 e. The van der Waals surface area contributed by atoms with Crippen molar-refractivity contribution in [2.45, 2.75) is 45.6 Å². The molecule has 2 aromatic rings. The molecule has 0 saturated carbocycles. The van der Waals surface area contributed by atoms with Crippen molar-refractivity contribution in [1.82, 2.24) is 9.88 Å². The standard InChI is InChI=1S/C20H25N3/c1-3-20(14(2)13-21)10-6-11-23-12-9-16-15-7-4-5-8-17(15)22-18(16)19(20)23/h4-5,7-8,14,19,22H,3,6,9-12H2,1-2H3. The van der Waals surface area contributed by atoms with Crippen molar-refractivity contribution in [3.05, 3.63) is 35.5 Å². The van der Waals surface area contributed by atoms with Crippen molar-refractivity contribution >= 4 is 10.9 Å². The van der Waals surface area contributed by atoms with Crippen LogP contribution < -0.4 is 0 Å². The predicted molar refractivity (Wildman–Crippen MR) is 93.1 cm³/mol. The number of piperidine rings is 1. The van der Waals surface area contributed by atoms with Gasteiger partial charge in [-0.05, 0) is 50.8 Å². The molecule has 1 aromatic carbocycles. The topological polar surface area (TPSA) is 42.8 Å². The van der Waals surface area contributed by atoms with E-state index < -0.39 is 0 Å². The number of rotatable bonds is 2. The van der Waals surface area contributed by atoms with Crippen LogP contribution in [0.2, 0.25) is 0 Å². The minimum Gasteiger partial charge on any atom is -0.357 e. The molecule has 3 nitrogen and oxygen atoms in total. The van der Waals surface area contributed by atoms with Crippen molar-refractivity contribution in [2.24, 2.45) is 11.3 Å². The van der Waals surface area contributed by atoms with Gasteiger partial charge in [0, 0.05) is 28.6 Å². The Morgan fingerprint density at radius 3 is 3.00 bits per heavy atom. The molecule has 3 heteroatoms. The van der Waals surface area contributed by atoms with Crippen LogP contribution in [0, 0.1) is 22.7 Å². The molecule has 1 N–H and O–H groups in total. The quantitative estimate of drug-likeness (QED) is 0.892. The van der Waals surface area contributed by atoms with Crippen molar-refractivity contribution in [2.75, 3.05) is 13.1 Å². The lowest BCUT2D eigenvalue weighted by molar-refractivity contribution is -0.0238. The number of nitrogens with zero attached hydrogens (tertiary/aromatic N) is 2. The zero-order valence-corrected chi connectivity index (χ0v) is 14.1. The maximum Gasteiger partial charge on any atom is 0.0659 e. The average Bonchev–Trinajstić information content (AvgIpc) is 2.99. The summed E-state index contributed by atoms with van der Waals surface area (Å²) in [5.74, 6) is 0.0812. The van der Waals surface area contributed by atoms with Gasteiger partial charge >= 0.3 is 0 Å². The minimum absolute atomic E-state index is 0.0725. The van der Waals surface area contributed by atoms with E-state index in [0.717, 1.165) is 25.8 Å². The Balaban J connectivity index is 1.92. The monoisotopic (exact) mass is 307 g/mol. The zero-order valence-electron chi connectivity index (χ0n) is 14.1. The fourth-order valence-electron chi connectivity index (χ4n) is 5.19. The third-order valence-electron chi connectivity index (χ3n) is 6.48. The second-order valence-electron chi connectivity index (χ2n) is 7.29. The Morgan fingerprint density at radius 2 is 2.22 bits per heavy atom. The van der Waals surface area contributed by atoms with Gasteiger partial charge in [0.15, 0.2) is 0 Å². The predicted octanol–water partition coefficient (Wildman–Crippen LogP) is 4.42. The van der Waals surface area contributed by atoms with Crippen molar-refractivity contribution in [3.63, 3.8) is 0 Å². The van der Waals surface area contributed by atoms with Crippen molar-refractivity contribution in [3.8, 4) is 6.07 Å². The Bertz CT molecular complexity index is 769. The van der Waals surface area contributed by atoms with Gasteiger partial charge < -0.3 is 4.98 Å². The van der Waals surface area contributed by atoms with Gasteiger partial charge in [0.25, 0.3) is 0 Å². The van der Waals surface area contributed by atoms with Gasteiger partial charge in [0.2, 0.25) is 0 Å². The van der Waals surface area contributed by atoms with E-state index in [1.807, 2.05) is 0 Å². The SMILES string of the molecule is CCC1(C(C)C#N)CCCN2CCc3c([nH]c4ccccc34)C21. The lowest BCUT2D eigenvalue weighted by Crippen LogP contribution is -2.51. The number of aromatic nitrogens is 1. The number of hydrogen-bond donors (Lipinski definition) is 1. The molecule has 0 amide bonds. The number of benzene rings is 1. The number of nitriles is 1. The summed E-state index contributed by atoms with van der Waals surface area (Å²) in [6.45, 7) is 6.69. The van der Waals surface area contributed by atoms with Crippen LogP contribution >= 0.6 is 0 Å². The van der Waals surface area contributed by atoms with Gasteiger partial charge in [-0.2, -0.15) is 5.26 Å². The Morgan fingerprint density at radius 1 is 1.39 bits per heavy atom. The molecule has 1 fully saturated rings. The summed E-state index contributed by atoms with van der Waals surface area (Å²) in [6.07, 6.45) is 4.56. The molecule has 1 aromatic heterocycles. The van der Waals surface area contributed by atoms with Gasteiger partial charge in [0.05, 0.1) is 18.0 Å². The third kappa shape index (κ3) is 1.98. The maximum absolute atomic E-state index is 9.68. The van der Waals surface area contributed by atoms with Crippen LogP contribution in [-0.2, 0) is 6.42 Å². The van der Waals surface area contributed by atoms with Gasteiger partial charge in [0.1, 0.15) is 0 Å².